The van der Waals surface area contributed by atoms with Gasteiger partial charge in [-0.1, -0.05) is 18.2 Å². The minimum atomic E-state index is -2.39. The zero-order chi connectivity index (χ0) is 13.7. The van der Waals surface area contributed by atoms with Crippen molar-refractivity contribution < 1.29 is 85.8 Å². The summed E-state index contributed by atoms with van der Waals surface area (Å²) in [5, 5.41) is 28.1. The van der Waals surface area contributed by atoms with E-state index in [0.29, 0.717) is 0 Å². The van der Waals surface area contributed by atoms with Crippen molar-refractivity contribution in [3.8, 4) is 0 Å². The molecule has 19 heavy (non-hydrogen) atoms. The number of rotatable bonds is 5. The molecule has 0 saturated carbocycles. The summed E-state index contributed by atoms with van der Waals surface area (Å²) in [6, 6.07) is 7.35. The van der Waals surface area contributed by atoms with E-state index in [1.54, 1.807) is 6.07 Å². The number of esters is 1. The van der Waals surface area contributed by atoms with Crippen LogP contribution < -0.4 is 56.5 Å². The van der Waals surface area contributed by atoms with Gasteiger partial charge < -0.3 is 24.9 Å². The summed E-state index contributed by atoms with van der Waals surface area (Å²) < 4.78 is 4.39. The van der Waals surface area contributed by atoms with Gasteiger partial charge >= 0.3 is 63.3 Å². The van der Waals surface area contributed by atoms with Crippen LogP contribution >= 0.6 is 0 Å². The summed E-state index contributed by atoms with van der Waals surface area (Å²) in [6.45, 7) is 0. The standard InChI is InChI=1S/C11H10O7.K/c12-7(9(13)14)8(10(15)16)18-11(17)6-4-2-1-3-5-6;/h1-5,7-8,12H,(H,13,14)(H,15,16);/q;+1/p-1/t7-,8-;/m0./s1. The second-order valence-corrected chi connectivity index (χ2v) is 3.29. The van der Waals surface area contributed by atoms with Gasteiger partial charge in [-0.3, -0.25) is 0 Å². The molecule has 0 fully saturated rings. The van der Waals surface area contributed by atoms with Crippen molar-refractivity contribution in [2.75, 3.05) is 0 Å². The molecule has 0 saturated heterocycles. The molecule has 0 bridgehead atoms. The van der Waals surface area contributed by atoms with Crippen molar-refractivity contribution in [2.24, 2.45) is 0 Å². The van der Waals surface area contributed by atoms with Gasteiger partial charge in [0.25, 0.3) is 0 Å². The summed E-state index contributed by atoms with van der Waals surface area (Å²) in [7, 11) is 0. The zero-order valence-corrected chi connectivity index (χ0v) is 13.1. The third-order valence-electron chi connectivity index (χ3n) is 2.02. The number of aliphatic hydroxyl groups is 1. The number of aliphatic hydroxyl groups excluding tert-OH is 1. The van der Waals surface area contributed by atoms with Crippen LogP contribution in [-0.4, -0.2) is 40.3 Å². The van der Waals surface area contributed by atoms with Crippen molar-refractivity contribution in [1.29, 1.82) is 0 Å². The quantitative estimate of drug-likeness (QED) is 0.413. The molecule has 96 valence electrons. The number of carboxylic acids is 2. The van der Waals surface area contributed by atoms with Crippen LogP contribution in [-0.2, 0) is 14.3 Å². The summed E-state index contributed by atoms with van der Waals surface area (Å²) in [5.41, 5.74) is 0.0290. The van der Waals surface area contributed by atoms with Crippen LogP contribution in [0.3, 0.4) is 0 Å². The molecule has 0 aliphatic carbocycles. The summed E-state index contributed by atoms with van der Waals surface area (Å²) in [6.07, 6.45) is -4.65. The summed E-state index contributed by atoms with van der Waals surface area (Å²) >= 11 is 0. The topological polar surface area (TPSA) is 124 Å². The molecule has 2 atom stereocenters. The van der Waals surface area contributed by atoms with Gasteiger partial charge in [0.05, 0.1) is 11.5 Å². The molecule has 8 heteroatoms. The largest absolute Gasteiger partial charge is 1.00 e. The van der Waals surface area contributed by atoms with Gasteiger partial charge in [0.2, 0.25) is 0 Å². The van der Waals surface area contributed by atoms with Crippen LogP contribution in [0.15, 0.2) is 30.3 Å². The molecule has 0 spiro atoms. The van der Waals surface area contributed by atoms with E-state index in [1.165, 1.54) is 24.3 Å². The molecule has 1 rings (SSSR count). The Bertz CT molecular complexity index is 459. The number of hydrogen-bond donors (Lipinski definition) is 2. The first-order chi connectivity index (χ1) is 8.43. The number of carbonyl (C=O) groups is 3. The number of hydrogen-bond acceptors (Lipinski definition) is 6. The Balaban J connectivity index is 0.00000324. The van der Waals surface area contributed by atoms with Gasteiger partial charge in [-0.25, -0.2) is 9.59 Å². The van der Waals surface area contributed by atoms with Crippen molar-refractivity contribution >= 4 is 17.9 Å². The van der Waals surface area contributed by atoms with Crippen LogP contribution in [0.25, 0.3) is 0 Å². The van der Waals surface area contributed by atoms with Crippen molar-refractivity contribution in [1.82, 2.24) is 0 Å². The number of carboxylic acid groups (broad SMARTS) is 2. The van der Waals surface area contributed by atoms with Gasteiger partial charge in [0.15, 0.2) is 12.2 Å². The molecule has 0 amide bonds. The van der Waals surface area contributed by atoms with Crippen LogP contribution in [0.2, 0.25) is 0 Å². The Hall–Kier alpha value is -0.774. The third kappa shape index (κ3) is 5.39. The average molecular weight is 292 g/mol. The van der Waals surface area contributed by atoms with Gasteiger partial charge in [0, 0.05) is 0 Å². The molecule has 2 N–H and O–H groups in total. The second kappa shape index (κ2) is 8.41. The maximum atomic E-state index is 11.5. The average Bonchev–Trinajstić information content (AvgIpc) is 2.35. The van der Waals surface area contributed by atoms with Gasteiger partial charge in [0.1, 0.15) is 0 Å². The first-order valence-electron chi connectivity index (χ1n) is 4.81. The Morgan fingerprint density at radius 2 is 1.68 bits per heavy atom. The van der Waals surface area contributed by atoms with E-state index in [0.717, 1.165) is 0 Å². The molecule has 1 aromatic rings. The Morgan fingerprint density at radius 3 is 2.11 bits per heavy atom. The fourth-order valence-corrected chi connectivity index (χ4v) is 1.13. The molecule has 1 aromatic carbocycles. The van der Waals surface area contributed by atoms with Gasteiger partial charge in [-0.15, -0.1) is 0 Å². The van der Waals surface area contributed by atoms with Gasteiger partial charge in [-0.05, 0) is 12.1 Å². The summed E-state index contributed by atoms with van der Waals surface area (Å²) in [5.74, 6) is -4.88. The molecule has 0 heterocycles. The molecule has 0 aliphatic rings. The fraction of sp³-hybridized carbons (Fsp3) is 0.182. The zero-order valence-electron chi connectivity index (χ0n) is 9.98. The predicted octanol–water partition coefficient (Wildman–Crippen LogP) is -4.59. The SMILES string of the molecule is O=C(O[C@H](C(=O)[O-])[C@H](O)C(=O)O)c1ccccc1.[K+]. The maximum absolute atomic E-state index is 11.5. The third-order valence-corrected chi connectivity index (χ3v) is 2.02. The summed E-state index contributed by atoms with van der Waals surface area (Å²) in [4.78, 5) is 32.5. The maximum Gasteiger partial charge on any atom is 1.00 e. The van der Waals surface area contributed by atoms with E-state index < -0.39 is 30.1 Å². The predicted molar refractivity (Wildman–Crippen MR) is 54.3 cm³/mol. The van der Waals surface area contributed by atoms with E-state index in [9.17, 15) is 19.5 Å². The smallest absolute Gasteiger partial charge is 0.546 e. The van der Waals surface area contributed by atoms with Crippen molar-refractivity contribution in [2.45, 2.75) is 12.2 Å². The fourth-order valence-electron chi connectivity index (χ4n) is 1.13. The van der Waals surface area contributed by atoms with E-state index in [-0.39, 0.29) is 56.9 Å². The van der Waals surface area contributed by atoms with Crippen molar-refractivity contribution in [3.63, 3.8) is 0 Å². The Morgan fingerprint density at radius 1 is 1.16 bits per heavy atom. The first kappa shape index (κ1) is 18.2. The van der Waals surface area contributed by atoms with E-state index in [1.807, 2.05) is 0 Å². The van der Waals surface area contributed by atoms with E-state index in [2.05, 4.69) is 4.74 Å². The van der Waals surface area contributed by atoms with Gasteiger partial charge in [-0.2, -0.15) is 0 Å². The van der Waals surface area contributed by atoms with Crippen LogP contribution in [0.4, 0.5) is 0 Å². The number of aliphatic carboxylic acids is 2. The Labute approximate surface area is 150 Å². The van der Waals surface area contributed by atoms with Crippen LogP contribution in [0.1, 0.15) is 10.4 Å². The van der Waals surface area contributed by atoms with Crippen molar-refractivity contribution in [3.05, 3.63) is 35.9 Å². The minimum Gasteiger partial charge on any atom is -0.546 e. The monoisotopic (exact) mass is 292 g/mol. The molecular formula is C11H9KO7. The van der Waals surface area contributed by atoms with Crippen LogP contribution in [0, 0.1) is 0 Å². The number of carbonyl (C=O) groups excluding carboxylic acids is 2. The molecular weight excluding hydrogens is 283 g/mol. The first-order valence-corrected chi connectivity index (χ1v) is 4.81. The molecule has 0 aliphatic heterocycles. The normalized spacial score (nSPS) is 12.7. The number of benzene rings is 1. The molecule has 7 nitrogen and oxygen atoms in total. The van der Waals surface area contributed by atoms with Crippen LogP contribution in [0.5, 0.6) is 0 Å². The van der Waals surface area contributed by atoms with E-state index >= 15 is 0 Å². The second-order valence-electron chi connectivity index (χ2n) is 3.29. The molecule has 0 radical (unpaired) electrons. The molecule has 0 unspecified atom stereocenters. The molecule has 0 aromatic heterocycles. The minimum absolute atomic E-state index is 0. The Kier molecular flexibility index (Phi) is 8.07. The number of ether oxygens (including phenoxy) is 1. The van der Waals surface area contributed by atoms with E-state index in [4.69, 9.17) is 10.2 Å².